The molecule has 21 heavy (non-hydrogen) atoms. The molecule has 0 atom stereocenters. The Morgan fingerprint density at radius 3 is 2.48 bits per heavy atom. The van der Waals surface area contributed by atoms with Crippen molar-refractivity contribution < 1.29 is 17.7 Å². The van der Waals surface area contributed by atoms with Gasteiger partial charge in [-0.15, -0.1) is 0 Å². The van der Waals surface area contributed by atoms with E-state index in [-0.39, 0.29) is 11.6 Å². The topological polar surface area (TPSA) is 67.6 Å². The summed E-state index contributed by atoms with van der Waals surface area (Å²) in [6, 6.07) is 8.18. The van der Waals surface area contributed by atoms with Gasteiger partial charge >= 0.3 is 6.18 Å². The molecule has 0 fully saturated rings. The summed E-state index contributed by atoms with van der Waals surface area (Å²) in [5.41, 5.74) is 0.771. The highest BCUT2D eigenvalue weighted by Crippen LogP contribution is 2.30. The van der Waals surface area contributed by atoms with Crippen LogP contribution in [-0.2, 0) is 6.18 Å². The minimum absolute atomic E-state index is 0.0480. The van der Waals surface area contributed by atoms with Crippen molar-refractivity contribution in [1.82, 2.24) is 20.3 Å². The summed E-state index contributed by atoms with van der Waals surface area (Å²) < 4.78 is 42.4. The number of nitrogens with one attached hydrogen (secondary N) is 1. The minimum atomic E-state index is -4.49. The maximum Gasteiger partial charge on any atom is 0.432 e. The number of hydrogen-bond donors (Lipinski definition) is 1. The van der Waals surface area contributed by atoms with Gasteiger partial charge < -0.3 is 4.52 Å². The van der Waals surface area contributed by atoms with Gasteiger partial charge in [0.15, 0.2) is 5.69 Å². The smallest absolute Gasteiger partial charge is 0.332 e. The molecule has 0 spiro atoms. The monoisotopic (exact) mass is 294 g/mol. The van der Waals surface area contributed by atoms with Crippen LogP contribution in [0.15, 0.2) is 34.9 Å². The molecule has 0 aliphatic carbocycles. The fourth-order valence-corrected chi connectivity index (χ4v) is 1.72. The Labute approximate surface area is 116 Å². The standard InChI is InChI=1S/C13H9F3N4O/c1-7-2-4-8(5-3-7)11-17-12(21-20-11)9-6-10(19-18-9)13(14,15)16/h2-6H,1H3,(H,18,19). The third-order valence-corrected chi connectivity index (χ3v) is 2.84. The van der Waals surface area contributed by atoms with Crippen molar-refractivity contribution in [3.8, 4) is 23.0 Å². The van der Waals surface area contributed by atoms with Crippen molar-refractivity contribution in [2.45, 2.75) is 13.1 Å². The maximum absolute atomic E-state index is 12.5. The molecule has 2 heterocycles. The molecule has 3 aromatic rings. The van der Waals surface area contributed by atoms with Crippen LogP contribution in [-0.4, -0.2) is 20.3 Å². The normalized spacial score (nSPS) is 11.8. The molecule has 0 saturated carbocycles. The summed E-state index contributed by atoms with van der Waals surface area (Å²) >= 11 is 0. The first kappa shape index (κ1) is 13.3. The van der Waals surface area contributed by atoms with E-state index in [1.807, 2.05) is 24.2 Å². The Kier molecular flexibility index (Phi) is 3.00. The molecule has 1 N–H and O–H groups in total. The molecule has 5 nitrogen and oxygen atoms in total. The van der Waals surface area contributed by atoms with Crippen LogP contribution >= 0.6 is 0 Å². The molecule has 8 heteroatoms. The Morgan fingerprint density at radius 2 is 1.86 bits per heavy atom. The van der Waals surface area contributed by atoms with E-state index in [4.69, 9.17) is 4.52 Å². The average molecular weight is 294 g/mol. The molecule has 0 saturated heterocycles. The Bertz CT molecular complexity index is 758. The molecule has 0 amide bonds. The van der Waals surface area contributed by atoms with E-state index in [1.165, 1.54) is 0 Å². The van der Waals surface area contributed by atoms with Crippen LogP contribution in [0, 0.1) is 6.92 Å². The summed E-state index contributed by atoms with van der Waals surface area (Å²) in [7, 11) is 0. The van der Waals surface area contributed by atoms with E-state index >= 15 is 0 Å². The van der Waals surface area contributed by atoms with Crippen LogP contribution in [0.3, 0.4) is 0 Å². The fourth-order valence-electron chi connectivity index (χ4n) is 1.72. The third kappa shape index (κ3) is 2.64. The van der Waals surface area contributed by atoms with Gasteiger partial charge in [-0.05, 0) is 6.92 Å². The Balaban J connectivity index is 1.91. The number of rotatable bonds is 2. The van der Waals surface area contributed by atoms with E-state index < -0.39 is 11.9 Å². The number of halogens is 3. The lowest BCUT2D eigenvalue weighted by Crippen LogP contribution is -2.04. The van der Waals surface area contributed by atoms with E-state index in [9.17, 15) is 13.2 Å². The molecule has 0 aliphatic heterocycles. The largest absolute Gasteiger partial charge is 0.432 e. The predicted molar refractivity (Wildman–Crippen MR) is 67.1 cm³/mol. The van der Waals surface area contributed by atoms with Crippen LogP contribution in [0.25, 0.3) is 23.0 Å². The molecular formula is C13H9F3N4O. The lowest BCUT2D eigenvalue weighted by atomic mass is 10.1. The number of H-pyrrole nitrogens is 1. The number of alkyl halides is 3. The van der Waals surface area contributed by atoms with Gasteiger partial charge in [-0.3, -0.25) is 5.10 Å². The van der Waals surface area contributed by atoms with Crippen molar-refractivity contribution in [1.29, 1.82) is 0 Å². The van der Waals surface area contributed by atoms with Gasteiger partial charge in [-0.2, -0.15) is 23.3 Å². The predicted octanol–water partition coefficient (Wildman–Crippen LogP) is 3.45. The SMILES string of the molecule is Cc1ccc(-c2noc(-c3cc(C(F)(F)F)[nH]n3)n2)cc1. The highest BCUT2D eigenvalue weighted by Gasteiger charge is 2.33. The molecule has 108 valence electrons. The van der Waals surface area contributed by atoms with Crippen molar-refractivity contribution in [3.05, 3.63) is 41.6 Å². The molecule has 1 aromatic carbocycles. The molecule has 3 rings (SSSR count). The van der Waals surface area contributed by atoms with Gasteiger partial charge in [-0.1, -0.05) is 35.0 Å². The van der Waals surface area contributed by atoms with Crippen LogP contribution in [0.1, 0.15) is 11.3 Å². The summed E-state index contributed by atoms with van der Waals surface area (Å²) in [6.45, 7) is 1.94. The van der Waals surface area contributed by atoms with Crippen molar-refractivity contribution in [2.75, 3.05) is 0 Å². The molecule has 0 radical (unpaired) electrons. The molecular weight excluding hydrogens is 285 g/mol. The molecule has 0 bridgehead atoms. The maximum atomic E-state index is 12.5. The van der Waals surface area contributed by atoms with Crippen LogP contribution in [0.4, 0.5) is 13.2 Å². The first-order valence-electron chi connectivity index (χ1n) is 5.97. The zero-order valence-corrected chi connectivity index (χ0v) is 10.8. The first-order chi connectivity index (χ1) is 9.93. The van der Waals surface area contributed by atoms with E-state index in [0.717, 1.165) is 11.6 Å². The molecule has 0 aliphatic rings. The number of benzene rings is 1. The van der Waals surface area contributed by atoms with Gasteiger partial charge in [0.2, 0.25) is 5.82 Å². The number of hydrogen-bond acceptors (Lipinski definition) is 4. The average Bonchev–Trinajstić information content (AvgIpc) is 3.07. The minimum Gasteiger partial charge on any atom is -0.332 e. The number of aromatic nitrogens is 4. The second kappa shape index (κ2) is 4.72. The highest BCUT2D eigenvalue weighted by molar-refractivity contribution is 5.58. The van der Waals surface area contributed by atoms with Crippen molar-refractivity contribution in [2.24, 2.45) is 0 Å². The van der Waals surface area contributed by atoms with Crippen molar-refractivity contribution >= 4 is 0 Å². The van der Waals surface area contributed by atoms with Crippen LogP contribution < -0.4 is 0 Å². The van der Waals surface area contributed by atoms with E-state index in [1.54, 1.807) is 12.1 Å². The second-order valence-electron chi connectivity index (χ2n) is 4.45. The van der Waals surface area contributed by atoms with Crippen LogP contribution in [0.5, 0.6) is 0 Å². The van der Waals surface area contributed by atoms with Gasteiger partial charge in [0.25, 0.3) is 5.89 Å². The Hall–Kier alpha value is -2.64. The van der Waals surface area contributed by atoms with Gasteiger partial charge in [0, 0.05) is 11.6 Å². The molecule has 0 unspecified atom stereocenters. The van der Waals surface area contributed by atoms with E-state index in [0.29, 0.717) is 11.4 Å². The van der Waals surface area contributed by atoms with Crippen molar-refractivity contribution in [3.63, 3.8) is 0 Å². The zero-order chi connectivity index (χ0) is 15.0. The second-order valence-corrected chi connectivity index (χ2v) is 4.45. The first-order valence-corrected chi connectivity index (χ1v) is 5.97. The third-order valence-electron chi connectivity index (χ3n) is 2.84. The highest BCUT2D eigenvalue weighted by atomic mass is 19.4. The Morgan fingerprint density at radius 1 is 1.14 bits per heavy atom. The summed E-state index contributed by atoms with van der Waals surface area (Å²) in [5.74, 6) is 0.221. The summed E-state index contributed by atoms with van der Waals surface area (Å²) in [5, 5.41) is 9.17. The summed E-state index contributed by atoms with van der Waals surface area (Å²) in [4.78, 5) is 4.05. The van der Waals surface area contributed by atoms with Gasteiger partial charge in [0.05, 0.1) is 0 Å². The molecule has 2 aromatic heterocycles. The van der Waals surface area contributed by atoms with Crippen LogP contribution in [0.2, 0.25) is 0 Å². The lowest BCUT2D eigenvalue weighted by molar-refractivity contribution is -0.141. The van der Waals surface area contributed by atoms with Gasteiger partial charge in [-0.25, -0.2) is 0 Å². The van der Waals surface area contributed by atoms with Gasteiger partial charge in [0.1, 0.15) is 5.69 Å². The fraction of sp³-hybridized carbons (Fsp3) is 0.154. The number of aryl methyl sites for hydroxylation is 1. The zero-order valence-electron chi connectivity index (χ0n) is 10.8. The summed E-state index contributed by atoms with van der Waals surface area (Å²) in [6.07, 6.45) is -4.49. The number of nitrogens with zero attached hydrogens (tertiary/aromatic N) is 3. The lowest BCUT2D eigenvalue weighted by Gasteiger charge is -1.99. The number of aromatic amines is 1. The van der Waals surface area contributed by atoms with E-state index in [2.05, 4.69) is 15.2 Å². The quantitative estimate of drug-likeness (QED) is 0.786.